The van der Waals surface area contributed by atoms with E-state index < -0.39 is 0 Å². The largest absolute Gasteiger partial charge is 0.359 e. The van der Waals surface area contributed by atoms with Crippen LogP contribution in [-0.2, 0) is 16.0 Å². The zero-order valence-corrected chi connectivity index (χ0v) is 11.5. The van der Waals surface area contributed by atoms with E-state index in [1.54, 1.807) is 19.0 Å². The molecule has 0 aromatic heterocycles. The van der Waals surface area contributed by atoms with E-state index in [1.165, 1.54) is 0 Å². The van der Waals surface area contributed by atoms with E-state index >= 15 is 0 Å². The van der Waals surface area contributed by atoms with Gasteiger partial charge in [0.15, 0.2) is 0 Å². The summed E-state index contributed by atoms with van der Waals surface area (Å²) in [6.45, 7) is 0.434. The van der Waals surface area contributed by atoms with Crippen molar-refractivity contribution >= 4 is 24.4 Å². The minimum Gasteiger partial charge on any atom is -0.359 e. The van der Waals surface area contributed by atoms with Crippen LogP contribution in [0.3, 0.4) is 0 Å². The standard InChI is InChI=1S/C13H18N2O2S/c1-14-12(16)7-8-15(2)13(17)9-10-3-5-11(18)6-4-10/h3-6,18H,7-9H2,1-2H3,(H,14,16). The number of carbonyl (C=O) groups is 2. The van der Waals surface area contributed by atoms with Crippen LogP contribution in [0, 0.1) is 0 Å². The van der Waals surface area contributed by atoms with Crippen molar-refractivity contribution in [2.24, 2.45) is 0 Å². The summed E-state index contributed by atoms with van der Waals surface area (Å²) in [5, 5.41) is 2.53. The molecule has 18 heavy (non-hydrogen) atoms. The zero-order chi connectivity index (χ0) is 13.5. The monoisotopic (exact) mass is 266 g/mol. The van der Waals surface area contributed by atoms with Gasteiger partial charge in [-0.2, -0.15) is 0 Å². The smallest absolute Gasteiger partial charge is 0.226 e. The van der Waals surface area contributed by atoms with Crippen molar-refractivity contribution in [2.75, 3.05) is 20.6 Å². The molecule has 4 nitrogen and oxygen atoms in total. The Hall–Kier alpha value is -1.49. The number of amides is 2. The Kier molecular flexibility index (Phi) is 5.71. The van der Waals surface area contributed by atoms with Crippen molar-refractivity contribution in [3.8, 4) is 0 Å². The highest BCUT2D eigenvalue weighted by Gasteiger charge is 2.10. The minimum absolute atomic E-state index is 0.00539. The van der Waals surface area contributed by atoms with Crippen LogP contribution in [0.15, 0.2) is 29.2 Å². The molecular weight excluding hydrogens is 248 g/mol. The summed E-state index contributed by atoms with van der Waals surface area (Å²) in [4.78, 5) is 25.4. The molecule has 0 radical (unpaired) electrons. The average molecular weight is 266 g/mol. The third-order valence-corrected chi connectivity index (χ3v) is 2.97. The molecule has 0 bridgehead atoms. The van der Waals surface area contributed by atoms with E-state index in [4.69, 9.17) is 0 Å². The molecule has 0 spiro atoms. The lowest BCUT2D eigenvalue weighted by atomic mass is 10.1. The highest BCUT2D eigenvalue weighted by Crippen LogP contribution is 2.09. The van der Waals surface area contributed by atoms with E-state index in [1.807, 2.05) is 24.3 Å². The van der Waals surface area contributed by atoms with Gasteiger partial charge in [0.25, 0.3) is 0 Å². The summed E-state index contributed by atoms with van der Waals surface area (Å²) in [6.07, 6.45) is 0.673. The SMILES string of the molecule is CNC(=O)CCN(C)C(=O)Cc1ccc(S)cc1. The van der Waals surface area contributed by atoms with Crippen molar-refractivity contribution in [1.29, 1.82) is 0 Å². The normalized spacial score (nSPS) is 9.94. The van der Waals surface area contributed by atoms with Crippen molar-refractivity contribution in [1.82, 2.24) is 10.2 Å². The van der Waals surface area contributed by atoms with Crippen molar-refractivity contribution < 1.29 is 9.59 Å². The summed E-state index contributed by atoms with van der Waals surface area (Å²) in [6, 6.07) is 7.48. The van der Waals surface area contributed by atoms with Crippen molar-refractivity contribution in [3.63, 3.8) is 0 Å². The van der Waals surface area contributed by atoms with Gasteiger partial charge in [-0.1, -0.05) is 12.1 Å². The Morgan fingerprint density at radius 1 is 1.28 bits per heavy atom. The lowest BCUT2D eigenvalue weighted by Gasteiger charge is -2.16. The third-order valence-electron chi connectivity index (χ3n) is 2.67. The number of nitrogens with zero attached hydrogens (tertiary/aromatic N) is 1. The van der Waals surface area contributed by atoms with E-state index in [9.17, 15) is 9.59 Å². The van der Waals surface area contributed by atoms with Crippen LogP contribution in [0.25, 0.3) is 0 Å². The molecule has 0 fully saturated rings. The molecular formula is C13H18N2O2S. The van der Waals surface area contributed by atoms with E-state index in [2.05, 4.69) is 17.9 Å². The molecule has 0 aliphatic carbocycles. The maximum Gasteiger partial charge on any atom is 0.226 e. The van der Waals surface area contributed by atoms with Crippen LogP contribution in [0.1, 0.15) is 12.0 Å². The Balaban J connectivity index is 2.44. The second-order valence-corrected chi connectivity index (χ2v) is 4.60. The predicted molar refractivity (Wildman–Crippen MR) is 73.7 cm³/mol. The molecule has 0 aliphatic heterocycles. The maximum atomic E-state index is 11.9. The van der Waals surface area contributed by atoms with Crippen LogP contribution in [0.4, 0.5) is 0 Å². The van der Waals surface area contributed by atoms with Gasteiger partial charge in [-0.05, 0) is 17.7 Å². The fourth-order valence-electron chi connectivity index (χ4n) is 1.44. The number of nitrogens with one attached hydrogen (secondary N) is 1. The zero-order valence-electron chi connectivity index (χ0n) is 10.6. The molecule has 1 N–H and O–H groups in total. The van der Waals surface area contributed by atoms with E-state index in [0.29, 0.717) is 19.4 Å². The van der Waals surface area contributed by atoms with Gasteiger partial charge in [0.1, 0.15) is 0 Å². The average Bonchev–Trinajstić information content (AvgIpc) is 2.38. The van der Waals surface area contributed by atoms with Gasteiger partial charge in [-0.15, -0.1) is 12.6 Å². The van der Waals surface area contributed by atoms with Crippen LogP contribution in [0.2, 0.25) is 0 Å². The molecule has 0 saturated heterocycles. The molecule has 98 valence electrons. The number of carbonyl (C=O) groups excluding carboxylic acids is 2. The second-order valence-electron chi connectivity index (χ2n) is 4.08. The van der Waals surface area contributed by atoms with Gasteiger partial charge in [0.05, 0.1) is 6.42 Å². The van der Waals surface area contributed by atoms with E-state index in [-0.39, 0.29) is 11.8 Å². The van der Waals surface area contributed by atoms with Gasteiger partial charge in [-0.25, -0.2) is 0 Å². The van der Waals surface area contributed by atoms with Gasteiger partial charge in [0.2, 0.25) is 11.8 Å². The number of thiol groups is 1. The summed E-state index contributed by atoms with van der Waals surface area (Å²) >= 11 is 4.19. The van der Waals surface area contributed by atoms with Crippen molar-refractivity contribution in [3.05, 3.63) is 29.8 Å². The molecule has 0 unspecified atom stereocenters. The molecule has 0 aliphatic rings. The summed E-state index contributed by atoms with van der Waals surface area (Å²) in [5.74, 6) is -0.0557. The molecule has 2 amide bonds. The van der Waals surface area contributed by atoms with Crippen LogP contribution in [0.5, 0.6) is 0 Å². The number of rotatable bonds is 5. The first-order valence-electron chi connectivity index (χ1n) is 5.75. The van der Waals surface area contributed by atoms with Crippen LogP contribution in [-0.4, -0.2) is 37.4 Å². The summed E-state index contributed by atoms with van der Waals surface area (Å²) in [5.41, 5.74) is 0.949. The fourth-order valence-corrected chi connectivity index (χ4v) is 1.59. The number of hydrogen-bond donors (Lipinski definition) is 2. The Labute approximate surface area is 113 Å². The van der Waals surface area contributed by atoms with E-state index in [0.717, 1.165) is 10.5 Å². The number of likely N-dealkylation sites (N-methyl/N-ethyl adjacent to an activating group) is 1. The second kappa shape index (κ2) is 7.06. The topological polar surface area (TPSA) is 49.4 Å². The third kappa shape index (κ3) is 4.79. The minimum atomic E-state index is -0.0610. The van der Waals surface area contributed by atoms with Gasteiger partial charge < -0.3 is 10.2 Å². The molecule has 0 heterocycles. The molecule has 5 heteroatoms. The first kappa shape index (κ1) is 14.6. The molecule has 1 rings (SSSR count). The first-order chi connectivity index (χ1) is 8.52. The Morgan fingerprint density at radius 2 is 1.89 bits per heavy atom. The van der Waals surface area contributed by atoms with Gasteiger partial charge in [0, 0.05) is 32.0 Å². The highest BCUT2D eigenvalue weighted by atomic mass is 32.1. The van der Waals surface area contributed by atoms with Crippen LogP contribution >= 0.6 is 12.6 Å². The Morgan fingerprint density at radius 3 is 2.44 bits per heavy atom. The van der Waals surface area contributed by atoms with Gasteiger partial charge >= 0.3 is 0 Å². The highest BCUT2D eigenvalue weighted by molar-refractivity contribution is 7.80. The lowest BCUT2D eigenvalue weighted by molar-refractivity contribution is -0.129. The Bertz CT molecular complexity index is 418. The predicted octanol–water partition coefficient (Wildman–Crippen LogP) is 1.11. The first-order valence-corrected chi connectivity index (χ1v) is 6.20. The van der Waals surface area contributed by atoms with Crippen molar-refractivity contribution in [2.45, 2.75) is 17.7 Å². The molecule has 1 aromatic carbocycles. The molecule has 0 saturated carbocycles. The summed E-state index contributed by atoms with van der Waals surface area (Å²) in [7, 11) is 3.29. The number of hydrogen-bond acceptors (Lipinski definition) is 3. The lowest BCUT2D eigenvalue weighted by Crippen LogP contribution is -2.32. The fraction of sp³-hybridized carbons (Fsp3) is 0.385. The quantitative estimate of drug-likeness (QED) is 0.785. The van der Waals surface area contributed by atoms with Gasteiger partial charge in [-0.3, -0.25) is 9.59 Å². The van der Waals surface area contributed by atoms with Crippen LogP contribution < -0.4 is 5.32 Å². The molecule has 0 atom stereocenters. The molecule has 1 aromatic rings. The number of benzene rings is 1. The summed E-state index contributed by atoms with van der Waals surface area (Å²) < 4.78 is 0. The maximum absolute atomic E-state index is 11.9.